The molecule has 3 aromatic carbocycles. The smallest absolute Gasteiger partial charge is 0.220 e. The topological polar surface area (TPSA) is 63.8 Å². The number of nitrogens with zero attached hydrogens (tertiary/aromatic N) is 2. The maximum atomic E-state index is 15.0. The second kappa shape index (κ2) is 7.59. The maximum Gasteiger partial charge on any atom is 0.220 e. The summed E-state index contributed by atoms with van der Waals surface area (Å²) in [7, 11) is 0. The van der Waals surface area contributed by atoms with Crippen LogP contribution >= 0.6 is 11.9 Å². The number of fused-ring (bicyclic) bond motifs is 1. The van der Waals surface area contributed by atoms with Gasteiger partial charge in [-0.2, -0.15) is 0 Å². The summed E-state index contributed by atoms with van der Waals surface area (Å²) in [6.45, 7) is 0. The molecule has 4 rings (SSSR count). The van der Waals surface area contributed by atoms with Gasteiger partial charge in [-0.05, 0) is 53.9 Å². The quantitative estimate of drug-likeness (QED) is 0.337. The first kappa shape index (κ1) is 19.0. The summed E-state index contributed by atoms with van der Waals surface area (Å²) in [5.41, 5.74) is 6.08. The van der Waals surface area contributed by atoms with E-state index in [1.807, 2.05) is 0 Å². The second-order valence-electron chi connectivity index (χ2n) is 6.09. The molecule has 0 aliphatic rings. The molecule has 0 radical (unpaired) electrons. The van der Waals surface area contributed by atoms with Gasteiger partial charge in [0.25, 0.3) is 0 Å². The van der Waals surface area contributed by atoms with E-state index in [0.717, 1.165) is 36.2 Å². The molecular weight excluding hydrogens is 404 g/mol. The molecule has 0 spiro atoms. The highest BCUT2D eigenvalue weighted by atomic mass is 32.2. The largest absolute Gasteiger partial charge is 0.368 e. The van der Waals surface area contributed by atoms with Crippen molar-refractivity contribution in [3.63, 3.8) is 0 Å². The van der Waals surface area contributed by atoms with E-state index in [2.05, 4.69) is 14.7 Å². The number of halogens is 4. The predicted molar refractivity (Wildman–Crippen MR) is 105 cm³/mol. The standard InChI is InChI=1S/C20H12F4N4S/c21-12-6-13(22)8-14(7-12)29-28-17-4-2-15(23)18(19(17)24)10-1-3-16-11(5-10)9-26-20(25)27-16/h1-9,28H,(H2,25,26,27). The third-order valence-electron chi connectivity index (χ3n) is 4.09. The highest BCUT2D eigenvalue weighted by Crippen LogP contribution is 2.34. The molecule has 1 heterocycles. The van der Waals surface area contributed by atoms with E-state index >= 15 is 4.39 Å². The molecule has 29 heavy (non-hydrogen) atoms. The Kier molecular flexibility index (Phi) is 4.98. The third-order valence-corrected chi connectivity index (χ3v) is 4.89. The van der Waals surface area contributed by atoms with Crippen LogP contribution in [0.3, 0.4) is 0 Å². The Balaban J connectivity index is 1.69. The van der Waals surface area contributed by atoms with Crippen LogP contribution in [0, 0.1) is 23.3 Å². The van der Waals surface area contributed by atoms with Crippen molar-refractivity contribution < 1.29 is 17.6 Å². The van der Waals surface area contributed by atoms with Gasteiger partial charge in [-0.25, -0.2) is 27.5 Å². The van der Waals surface area contributed by atoms with Gasteiger partial charge in [0.1, 0.15) is 17.5 Å². The highest BCUT2D eigenvalue weighted by molar-refractivity contribution is 8.00. The molecule has 146 valence electrons. The fourth-order valence-corrected chi connectivity index (χ4v) is 3.53. The van der Waals surface area contributed by atoms with Gasteiger partial charge in [-0.15, -0.1) is 0 Å². The van der Waals surface area contributed by atoms with Crippen LogP contribution in [0.2, 0.25) is 0 Å². The van der Waals surface area contributed by atoms with Crippen LogP contribution < -0.4 is 10.5 Å². The molecule has 0 saturated heterocycles. The molecule has 0 aliphatic carbocycles. The first-order valence-corrected chi connectivity index (χ1v) is 9.12. The molecule has 0 bridgehead atoms. The first-order valence-electron chi connectivity index (χ1n) is 8.30. The van der Waals surface area contributed by atoms with Gasteiger partial charge in [0, 0.05) is 22.5 Å². The van der Waals surface area contributed by atoms with Crippen molar-refractivity contribution in [1.82, 2.24) is 9.97 Å². The minimum Gasteiger partial charge on any atom is -0.368 e. The van der Waals surface area contributed by atoms with E-state index in [1.165, 1.54) is 18.3 Å². The molecule has 3 N–H and O–H groups in total. The second-order valence-corrected chi connectivity index (χ2v) is 6.97. The molecule has 4 nitrogen and oxygen atoms in total. The Morgan fingerprint density at radius 1 is 0.897 bits per heavy atom. The molecule has 0 unspecified atom stereocenters. The van der Waals surface area contributed by atoms with E-state index in [1.54, 1.807) is 12.1 Å². The minimum atomic E-state index is -0.843. The predicted octanol–water partition coefficient (Wildman–Crippen LogP) is 5.55. The van der Waals surface area contributed by atoms with Crippen molar-refractivity contribution in [3.05, 3.63) is 78.0 Å². The molecule has 4 aromatic rings. The molecule has 0 atom stereocenters. The van der Waals surface area contributed by atoms with Crippen LogP contribution in [0.4, 0.5) is 29.2 Å². The van der Waals surface area contributed by atoms with Crippen molar-refractivity contribution in [3.8, 4) is 11.1 Å². The van der Waals surface area contributed by atoms with Crippen molar-refractivity contribution >= 4 is 34.5 Å². The number of hydrogen-bond donors (Lipinski definition) is 2. The van der Waals surface area contributed by atoms with Gasteiger partial charge in [0.15, 0.2) is 5.82 Å². The summed E-state index contributed by atoms with van der Waals surface area (Å²) in [5.74, 6) is -3.02. The maximum absolute atomic E-state index is 15.0. The van der Waals surface area contributed by atoms with Crippen molar-refractivity contribution in [2.45, 2.75) is 4.90 Å². The highest BCUT2D eigenvalue weighted by Gasteiger charge is 2.17. The number of nitrogens with one attached hydrogen (secondary N) is 1. The summed E-state index contributed by atoms with van der Waals surface area (Å²) < 4.78 is 58.7. The van der Waals surface area contributed by atoms with Crippen LogP contribution in [0.1, 0.15) is 0 Å². The Morgan fingerprint density at radius 2 is 1.66 bits per heavy atom. The van der Waals surface area contributed by atoms with Crippen LogP contribution in [-0.2, 0) is 0 Å². The Labute approximate surface area is 166 Å². The van der Waals surface area contributed by atoms with E-state index in [9.17, 15) is 13.2 Å². The zero-order valence-corrected chi connectivity index (χ0v) is 15.4. The summed E-state index contributed by atoms with van der Waals surface area (Å²) in [5, 5.41) is 0.568. The summed E-state index contributed by atoms with van der Waals surface area (Å²) in [6.07, 6.45) is 1.47. The zero-order valence-electron chi connectivity index (χ0n) is 14.6. The molecule has 0 saturated carbocycles. The number of benzene rings is 3. The monoisotopic (exact) mass is 416 g/mol. The Morgan fingerprint density at radius 3 is 2.41 bits per heavy atom. The van der Waals surface area contributed by atoms with Gasteiger partial charge < -0.3 is 10.5 Å². The summed E-state index contributed by atoms with van der Waals surface area (Å²) >= 11 is 0.804. The average molecular weight is 416 g/mol. The van der Waals surface area contributed by atoms with Crippen LogP contribution in [-0.4, -0.2) is 9.97 Å². The van der Waals surface area contributed by atoms with E-state index in [4.69, 9.17) is 5.73 Å². The van der Waals surface area contributed by atoms with Crippen molar-refractivity contribution in [2.24, 2.45) is 0 Å². The third kappa shape index (κ3) is 3.95. The van der Waals surface area contributed by atoms with Crippen LogP contribution in [0.25, 0.3) is 22.0 Å². The molecule has 0 fully saturated rings. The molecule has 1 aromatic heterocycles. The van der Waals surface area contributed by atoms with E-state index in [-0.39, 0.29) is 27.7 Å². The lowest BCUT2D eigenvalue weighted by Gasteiger charge is -2.12. The summed E-state index contributed by atoms with van der Waals surface area (Å²) in [6, 6.07) is 9.91. The fraction of sp³-hybridized carbons (Fsp3) is 0. The van der Waals surface area contributed by atoms with E-state index < -0.39 is 23.3 Å². The molecule has 0 amide bonds. The van der Waals surface area contributed by atoms with E-state index in [0.29, 0.717) is 10.9 Å². The number of rotatable bonds is 4. The Bertz CT molecular complexity index is 1210. The SMILES string of the molecule is Nc1ncc2cc(-c3c(F)ccc(NSc4cc(F)cc(F)c4)c3F)ccc2n1. The zero-order chi connectivity index (χ0) is 20.5. The number of hydrogen-bond acceptors (Lipinski definition) is 5. The lowest BCUT2D eigenvalue weighted by Crippen LogP contribution is -1.98. The number of anilines is 2. The Hall–Kier alpha value is -3.33. The van der Waals surface area contributed by atoms with Crippen LogP contribution in [0.5, 0.6) is 0 Å². The van der Waals surface area contributed by atoms with Gasteiger partial charge in [-0.3, -0.25) is 0 Å². The van der Waals surface area contributed by atoms with Gasteiger partial charge >= 0.3 is 0 Å². The molecular formula is C20H12F4N4S. The molecule has 9 heteroatoms. The minimum absolute atomic E-state index is 0.0373. The van der Waals surface area contributed by atoms with Crippen molar-refractivity contribution in [2.75, 3.05) is 10.5 Å². The number of nitrogen functional groups attached to an aromatic ring is 1. The fourth-order valence-electron chi connectivity index (χ4n) is 2.80. The normalized spacial score (nSPS) is 11.0. The van der Waals surface area contributed by atoms with Gasteiger partial charge in [0.05, 0.1) is 16.8 Å². The van der Waals surface area contributed by atoms with Gasteiger partial charge in [0.2, 0.25) is 5.95 Å². The number of nitrogens with two attached hydrogens (primary N) is 1. The summed E-state index contributed by atoms with van der Waals surface area (Å²) in [4.78, 5) is 8.14. The lowest BCUT2D eigenvalue weighted by molar-refractivity contribution is 0.577. The van der Waals surface area contributed by atoms with Gasteiger partial charge in [-0.1, -0.05) is 6.07 Å². The molecule has 0 aliphatic heterocycles. The average Bonchev–Trinajstić information content (AvgIpc) is 2.67. The van der Waals surface area contributed by atoms with Crippen molar-refractivity contribution in [1.29, 1.82) is 0 Å². The lowest BCUT2D eigenvalue weighted by atomic mass is 10.0. The van der Waals surface area contributed by atoms with Crippen LogP contribution in [0.15, 0.2) is 59.6 Å². The number of aromatic nitrogens is 2. The first-order chi connectivity index (χ1) is 13.9.